The molecule has 0 saturated carbocycles. The fraction of sp³-hybridized carbons (Fsp3) is 0.316. The molecule has 3 heterocycles. The van der Waals surface area contributed by atoms with Crippen molar-refractivity contribution in [3.05, 3.63) is 71.8 Å². The average Bonchev–Trinajstić information content (AvgIpc) is 3.24. The first-order valence-electron chi connectivity index (χ1n) is 8.39. The van der Waals surface area contributed by atoms with Gasteiger partial charge in [-0.3, -0.25) is 0 Å². The molecule has 0 amide bonds. The maximum Gasteiger partial charge on any atom is 0.125 e. The normalized spacial score (nSPS) is 18.0. The summed E-state index contributed by atoms with van der Waals surface area (Å²) in [6, 6.07) is 16.6. The second-order valence-corrected chi connectivity index (χ2v) is 6.37. The molecule has 2 aromatic heterocycles. The van der Waals surface area contributed by atoms with Gasteiger partial charge in [0.2, 0.25) is 0 Å². The van der Waals surface area contributed by atoms with Gasteiger partial charge >= 0.3 is 0 Å². The van der Waals surface area contributed by atoms with E-state index in [-0.39, 0.29) is 6.04 Å². The van der Waals surface area contributed by atoms with Gasteiger partial charge in [-0.2, -0.15) is 5.10 Å². The van der Waals surface area contributed by atoms with E-state index in [9.17, 15) is 0 Å². The lowest BCUT2D eigenvalue weighted by Crippen LogP contribution is -2.37. The highest BCUT2D eigenvalue weighted by atomic mass is 16.3. The molecular weight excluding hydrogens is 300 g/mol. The standard InChI is InChI=1S/C19H22N4O/c1-14-10-18-20-11-15(13-23(18)22-14)12-21-19(17-8-5-9-24-17)16-6-3-2-4-7-16/h2-10,15,19-21H,11-13H2,1H3/t15-,19+/m0/s1. The van der Waals surface area contributed by atoms with Crippen LogP contribution in [0.3, 0.4) is 0 Å². The molecule has 5 heteroatoms. The third-order valence-corrected chi connectivity index (χ3v) is 4.48. The third kappa shape index (κ3) is 3.08. The number of nitrogens with zero attached hydrogens (tertiary/aromatic N) is 2. The molecule has 5 nitrogen and oxygen atoms in total. The molecule has 1 aliphatic rings. The van der Waals surface area contributed by atoms with E-state index in [0.717, 1.165) is 36.9 Å². The van der Waals surface area contributed by atoms with Crippen LogP contribution in [-0.2, 0) is 6.54 Å². The molecule has 0 unspecified atom stereocenters. The van der Waals surface area contributed by atoms with E-state index in [4.69, 9.17) is 4.42 Å². The molecule has 4 rings (SSSR count). The topological polar surface area (TPSA) is 55.0 Å². The lowest BCUT2D eigenvalue weighted by atomic mass is 10.0. The van der Waals surface area contributed by atoms with Gasteiger partial charge in [0.25, 0.3) is 0 Å². The maximum atomic E-state index is 5.65. The zero-order valence-electron chi connectivity index (χ0n) is 13.8. The van der Waals surface area contributed by atoms with Gasteiger partial charge < -0.3 is 15.1 Å². The minimum Gasteiger partial charge on any atom is -0.467 e. The summed E-state index contributed by atoms with van der Waals surface area (Å²) in [5.41, 5.74) is 2.27. The Kier molecular flexibility index (Phi) is 4.09. The van der Waals surface area contributed by atoms with Gasteiger partial charge in [0.05, 0.1) is 18.0 Å². The van der Waals surface area contributed by atoms with Gasteiger partial charge in [-0.1, -0.05) is 30.3 Å². The van der Waals surface area contributed by atoms with Crippen molar-refractivity contribution >= 4 is 5.82 Å². The van der Waals surface area contributed by atoms with E-state index in [1.54, 1.807) is 6.26 Å². The second-order valence-electron chi connectivity index (χ2n) is 6.37. The number of nitrogens with one attached hydrogen (secondary N) is 2. The van der Waals surface area contributed by atoms with E-state index in [1.807, 2.05) is 25.1 Å². The molecule has 24 heavy (non-hydrogen) atoms. The fourth-order valence-electron chi connectivity index (χ4n) is 3.29. The van der Waals surface area contributed by atoms with Crippen LogP contribution in [0.15, 0.2) is 59.2 Å². The number of hydrogen-bond donors (Lipinski definition) is 2. The van der Waals surface area contributed by atoms with Crippen LogP contribution in [0.2, 0.25) is 0 Å². The van der Waals surface area contributed by atoms with Gasteiger partial charge in [0, 0.05) is 31.6 Å². The molecule has 3 aromatic rings. The predicted octanol–water partition coefficient (Wildman–Crippen LogP) is 3.21. The van der Waals surface area contributed by atoms with Gasteiger partial charge in [0.15, 0.2) is 0 Å². The Balaban J connectivity index is 1.46. The summed E-state index contributed by atoms with van der Waals surface area (Å²) in [6.07, 6.45) is 1.73. The highest BCUT2D eigenvalue weighted by Crippen LogP contribution is 2.24. The average molecular weight is 322 g/mol. The Bertz CT molecular complexity index is 779. The van der Waals surface area contributed by atoms with Gasteiger partial charge in [0.1, 0.15) is 11.6 Å². The Morgan fingerprint density at radius 3 is 2.96 bits per heavy atom. The third-order valence-electron chi connectivity index (χ3n) is 4.48. The second kappa shape index (κ2) is 6.53. The quantitative estimate of drug-likeness (QED) is 0.757. The molecule has 0 fully saturated rings. The summed E-state index contributed by atoms with van der Waals surface area (Å²) in [6.45, 7) is 4.81. The largest absolute Gasteiger partial charge is 0.467 e. The Labute approximate surface area is 141 Å². The maximum absolute atomic E-state index is 5.65. The molecule has 124 valence electrons. The van der Waals surface area contributed by atoms with Crippen LogP contribution < -0.4 is 10.6 Å². The minimum atomic E-state index is 0.0713. The number of fused-ring (bicyclic) bond motifs is 1. The molecule has 0 aliphatic carbocycles. The number of rotatable bonds is 5. The van der Waals surface area contributed by atoms with Gasteiger partial charge in [-0.25, -0.2) is 4.68 Å². The number of aryl methyl sites for hydroxylation is 1. The molecule has 0 saturated heterocycles. The first kappa shape index (κ1) is 15.0. The van der Waals surface area contributed by atoms with Crippen molar-refractivity contribution in [2.75, 3.05) is 18.4 Å². The van der Waals surface area contributed by atoms with Crippen LogP contribution in [0.5, 0.6) is 0 Å². The van der Waals surface area contributed by atoms with Crippen molar-refractivity contribution in [2.24, 2.45) is 5.92 Å². The number of anilines is 1. The van der Waals surface area contributed by atoms with Crippen molar-refractivity contribution in [2.45, 2.75) is 19.5 Å². The fourth-order valence-corrected chi connectivity index (χ4v) is 3.29. The summed E-state index contributed by atoms with van der Waals surface area (Å²) in [5, 5.41) is 11.7. The van der Waals surface area contributed by atoms with Crippen molar-refractivity contribution in [1.29, 1.82) is 0 Å². The summed E-state index contributed by atoms with van der Waals surface area (Å²) in [7, 11) is 0. The number of benzene rings is 1. The molecule has 0 spiro atoms. The van der Waals surface area contributed by atoms with E-state index >= 15 is 0 Å². The van der Waals surface area contributed by atoms with Crippen LogP contribution in [0.25, 0.3) is 0 Å². The van der Waals surface area contributed by atoms with Crippen molar-refractivity contribution in [3.8, 4) is 0 Å². The molecule has 0 radical (unpaired) electrons. The summed E-state index contributed by atoms with van der Waals surface area (Å²) < 4.78 is 7.72. The van der Waals surface area contributed by atoms with Crippen LogP contribution in [-0.4, -0.2) is 22.9 Å². The van der Waals surface area contributed by atoms with Crippen LogP contribution in [0.4, 0.5) is 5.82 Å². The Morgan fingerprint density at radius 1 is 1.29 bits per heavy atom. The lowest BCUT2D eigenvalue weighted by Gasteiger charge is -2.27. The SMILES string of the molecule is Cc1cc2n(n1)C[C@H](CN[C@H](c1ccccc1)c1ccco1)CN2. The smallest absolute Gasteiger partial charge is 0.125 e. The van der Waals surface area contributed by atoms with Crippen molar-refractivity contribution in [3.63, 3.8) is 0 Å². The van der Waals surface area contributed by atoms with E-state index in [0.29, 0.717) is 5.92 Å². The first-order chi connectivity index (χ1) is 11.8. The lowest BCUT2D eigenvalue weighted by molar-refractivity contribution is 0.363. The predicted molar refractivity (Wildman–Crippen MR) is 93.9 cm³/mol. The zero-order chi connectivity index (χ0) is 16.4. The highest BCUT2D eigenvalue weighted by molar-refractivity contribution is 5.38. The van der Waals surface area contributed by atoms with Gasteiger partial charge in [-0.05, 0) is 24.6 Å². The zero-order valence-corrected chi connectivity index (χ0v) is 13.8. The summed E-state index contributed by atoms with van der Waals surface area (Å²) >= 11 is 0. The molecule has 1 aliphatic heterocycles. The van der Waals surface area contributed by atoms with Crippen molar-refractivity contribution in [1.82, 2.24) is 15.1 Å². The monoisotopic (exact) mass is 322 g/mol. The molecule has 1 aromatic carbocycles. The van der Waals surface area contributed by atoms with E-state index < -0.39 is 0 Å². The molecular formula is C19H22N4O. The molecule has 2 N–H and O–H groups in total. The highest BCUT2D eigenvalue weighted by Gasteiger charge is 2.22. The van der Waals surface area contributed by atoms with Crippen LogP contribution in [0.1, 0.15) is 23.1 Å². The minimum absolute atomic E-state index is 0.0713. The first-order valence-corrected chi connectivity index (χ1v) is 8.39. The number of aromatic nitrogens is 2. The van der Waals surface area contributed by atoms with Crippen molar-refractivity contribution < 1.29 is 4.42 Å². The van der Waals surface area contributed by atoms with Crippen LogP contribution >= 0.6 is 0 Å². The summed E-state index contributed by atoms with van der Waals surface area (Å²) in [5.74, 6) is 2.55. The summed E-state index contributed by atoms with van der Waals surface area (Å²) in [4.78, 5) is 0. The van der Waals surface area contributed by atoms with Crippen LogP contribution in [0, 0.1) is 12.8 Å². The number of furan rings is 1. The Morgan fingerprint density at radius 2 is 2.17 bits per heavy atom. The van der Waals surface area contributed by atoms with Gasteiger partial charge in [-0.15, -0.1) is 0 Å². The molecule has 0 bridgehead atoms. The van der Waals surface area contributed by atoms with E-state index in [2.05, 4.69) is 50.7 Å². The number of hydrogen-bond acceptors (Lipinski definition) is 4. The Hall–Kier alpha value is -2.53. The molecule has 2 atom stereocenters. The van der Waals surface area contributed by atoms with E-state index in [1.165, 1.54) is 5.56 Å².